The first-order valence-electron chi connectivity index (χ1n) is 9.24. The Hall–Kier alpha value is -3.68. The van der Waals surface area contributed by atoms with Crippen molar-refractivity contribution in [2.24, 2.45) is 5.10 Å². The zero-order valence-corrected chi connectivity index (χ0v) is 15.9. The molecule has 4 rings (SSSR count). The van der Waals surface area contributed by atoms with Crippen LogP contribution in [0, 0.1) is 0 Å². The van der Waals surface area contributed by atoms with E-state index in [1.807, 2.05) is 54.6 Å². The summed E-state index contributed by atoms with van der Waals surface area (Å²) in [6.45, 7) is -0.435. The minimum atomic E-state index is -0.559. The van der Waals surface area contributed by atoms with E-state index in [-0.39, 0.29) is 19.1 Å². The Morgan fingerprint density at radius 3 is 2.48 bits per heavy atom. The van der Waals surface area contributed by atoms with Gasteiger partial charge in [-0.3, -0.25) is 14.5 Å². The summed E-state index contributed by atoms with van der Waals surface area (Å²) in [6.07, 6.45) is 0.530. The van der Waals surface area contributed by atoms with Gasteiger partial charge in [0.1, 0.15) is 12.3 Å². The third-order valence-corrected chi connectivity index (χ3v) is 5.00. The van der Waals surface area contributed by atoms with E-state index in [2.05, 4.69) is 10.4 Å². The third kappa shape index (κ3) is 3.69. The summed E-state index contributed by atoms with van der Waals surface area (Å²) in [5, 5.41) is 8.35. The van der Waals surface area contributed by atoms with Crippen LogP contribution < -0.4 is 10.1 Å². The van der Waals surface area contributed by atoms with Crippen molar-refractivity contribution in [3.8, 4) is 5.75 Å². The number of urea groups is 1. The van der Waals surface area contributed by atoms with E-state index < -0.39 is 17.8 Å². The number of methoxy groups -OCH3 is 1. The molecule has 148 valence electrons. The number of nitrogens with zero attached hydrogens (tertiary/aromatic N) is 3. The van der Waals surface area contributed by atoms with Crippen LogP contribution in [-0.4, -0.2) is 53.7 Å². The van der Waals surface area contributed by atoms with Crippen molar-refractivity contribution in [1.82, 2.24) is 15.2 Å². The second kappa shape index (κ2) is 7.75. The number of amides is 4. The molecule has 0 saturated carbocycles. The molecular weight excluding hydrogens is 372 g/mol. The van der Waals surface area contributed by atoms with E-state index in [1.165, 1.54) is 5.01 Å². The highest BCUT2D eigenvalue weighted by Crippen LogP contribution is 2.33. The van der Waals surface area contributed by atoms with Gasteiger partial charge in [0.05, 0.1) is 25.4 Å². The highest BCUT2D eigenvalue weighted by atomic mass is 16.5. The molecule has 2 aromatic rings. The van der Waals surface area contributed by atoms with Crippen molar-refractivity contribution in [2.45, 2.75) is 12.5 Å². The molecule has 1 N–H and O–H groups in total. The van der Waals surface area contributed by atoms with E-state index in [4.69, 9.17) is 4.74 Å². The molecule has 0 aliphatic carbocycles. The maximum atomic E-state index is 13.0. The normalized spacial score (nSPS) is 18.7. The molecule has 2 aliphatic heterocycles. The third-order valence-electron chi connectivity index (χ3n) is 5.00. The summed E-state index contributed by atoms with van der Waals surface area (Å²) in [5.41, 5.74) is 2.60. The fourth-order valence-corrected chi connectivity index (χ4v) is 3.45. The fourth-order valence-electron chi connectivity index (χ4n) is 3.45. The molecular formula is C21H20N4O4. The van der Waals surface area contributed by atoms with Crippen LogP contribution in [0.25, 0.3) is 0 Å². The Bertz CT molecular complexity index is 956. The summed E-state index contributed by atoms with van der Waals surface area (Å²) in [6, 6.07) is 16.2. The van der Waals surface area contributed by atoms with Crippen molar-refractivity contribution >= 4 is 23.6 Å². The maximum absolute atomic E-state index is 13.0. The number of carbonyl (C=O) groups excluding carboxylic acids is 3. The summed E-state index contributed by atoms with van der Waals surface area (Å²) in [4.78, 5) is 37.6. The number of imide groups is 1. The van der Waals surface area contributed by atoms with Crippen molar-refractivity contribution < 1.29 is 19.1 Å². The van der Waals surface area contributed by atoms with Gasteiger partial charge in [0, 0.05) is 6.42 Å². The first-order valence-corrected chi connectivity index (χ1v) is 9.24. The van der Waals surface area contributed by atoms with Gasteiger partial charge in [0.15, 0.2) is 0 Å². The highest BCUT2D eigenvalue weighted by Gasteiger charge is 2.37. The average Bonchev–Trinajstić information content (AvgIpc) is 3.34. The Kier molecular flexibility index (Phi) is 4.99. The van der Waals surface area contributed by atoms with E-state index in [0.717, 1.165) is 21.7 Å². The van der Waals surface area contributed by atoms with Gasteiger partial charge < -0.3 is 10.1 Å². The van der Waals surface area contributed by atoms with Crippen LogP contribution in [0.3, 0.4) is 0 Å². The molecule has 0 bridgehead atoms. The standard InChI is InChI=1S/C21H20N4O4/c1-29-16-9-7-15(8-10-16)18-11-17(14-5-3-2-4-6-14)23-25(18)20(27)13-24-19(26)12-22-21(24)28/h2-10,18H,11-13H2,1H3,(H,22,28)/t18-/m0/s1. The average molecular weight is 392 g/mol. The van der Waals surface area contributed by atoms with Gasteiger partial charge in [-0.25, -0.2) is 9.80 Å². The first kappa shape index (κ1) is 18.7. The largest absolute Gasteiger partial charge is 0.497 e. The molecule has 8 nitrogen and oxygen atoms in total. The number of hydrazone groups is 1. The Balaban J connectivity index is 1.63. The Morgan fingerprint density at radius 2 is 1.86 bits per heavy atom. The minimum absolute atomic E-state index is 0.0907. The number of benzene rings is 2. The lowest BCUT2D eigenvalue weighted by molar-refractivity contribution is -0.137. The summed E-state index contributed by atoms with van der Waals surface area (Å²) < 4.78 is 5.21. The second-order valence-electron chi connectivity index (χ2n) is 6.78. The molecule has 2 aromatic carbocycles. The van der Waals surface area contributed by atoms with Crippen molar-refractivity contribution in [1.29, 1.82) is 0 Å². The number of rotatable bonds is 5. The lowest BCUT2D eigenvalue weighted by Gasteiger charge is -2.23. The number of ether oxygens (including phenoxy) is 1. The van der Waals surface area contributed by atoms with Crippen LogP contribution in [0.5, 0.6) is 5.75 Å². The lowest BCUT2D eigenvalue weighted by Crippen LogP contribution is -2.41. The zero-order chi connectivity index (χ0) is 20.4. The van der Waals surface area contributed by atoms with Crippen LogP contribution in [0.4, 0.5) is 4.79 Å². The molecule has 0 aromatic heterocycles. The van der Waals surface area contributed by atoms with Gasteiger partial charge in [0.2, 0.25) is 0 Å². The number of hydrogen-bond acceptors (Lipinski definition) is 5. The van der Waals surface area contributed by atoms with Crippen LogP contribution in [0.15, 0.2) is 59.7 Å². The predicted octanol–water partition coefficient (Wildman–Crippen LogP) is 1.92. The van der Waals surface area contributed by atoms with E-state index in [0.29, 0.717) is 12.2 Å². The molecule has 8 heteroatoms. The molecule has 0 spiro atoms. The van der Waals surface area contributed by atoms with Gasteiger partial charge in [-0.1, -0.05) is 42.5 Å². The maximum Gasteiger partial charge on any atom is 0.325 e. The predicted molar refractivity (Wildman–Crippen MR) is 105 cm³/mol. The zero-order valence-electron chi connectivity index (χ0n) is 15.9. The Morgan fingerprint density at radius 1 is 1.14 bits per heavy atom. The molecule has 0 unspecified atom stereocenters. The lowest BCUT2D eigenvalue weighted by atomic mass is 9.98. The molecule has 1 saturated heterocycles. The smallest absolute Gasteiger partial charge is 0.325 e. The molecule has 1 fully saturated rings. The highest BCUT2D eigenvalue weighted by molar-refractivity contribution is 6.06. The molecule has 4 amide bonds. The van der Waals surface area contributed by atoms with Gasteiger partial charge >= 0.3 is 6.03 Å². The van der Waals surface area contributed by atoms with E-state index >= 15 is 0 Å². The van der Waals surface area contributed by atoms with Gasteiger partial charge in [-0.2, -0.15) is 5.10 Å². The van der Waals surface area contributed by atoms with Crippen molar-refractivity contribution in [2.75, 3.05) is 20.2 Å². The summed E-state index contributed by atoms with van der Waals surface area (Å²) >= 11 is 0. The topological polar surface area (TPSA) is 91.3 Å². The van der Waals surface area contributed by atoms with Crippen molar-refractivity contribution in [3.63, 3.8) is 0 Å². The van der Waals surface area contributed by atoms with Gasteiger partial charge in [-0.05, 0) is 23.3 Å². The molecule has 1 atom stereocenters. The van der Waals surface area contributed by atoms with E-state index in [1.54, 1.807) is 7.11 Å². The Labute approximate surface area is 167 Å². The number of carbonyl (C=O) groups is 3. The number of hydrogen-bond donors (Lipinski definition) is 1. The molecule has 0 radical (unpaired) electrons. The fraction of sp³-hybridized carbons (Fsp3) is 0.238. The molecule has 2 heterocycles. The second-order valence-corrected chi connectivity index (χ2v) is 6.78. The molecule has 29 heavy (non-hydrogen) atoms. The van der Waals surface area contributed by atoms with Crippen LogP contribution in [-0.2, 0) is 9.59 Å². The van der Waals surface area contributed by atoms with E-state index in [9.17, 15) is 14.4 Å². The van der Waals surface area contributed by atoms with Gasteiger partial charge in [-0.15, -0.1) is 0 Å². The van der Waals surface area contributed by atoms with Gasteiger partial charge in [0.25, 0.3) is 11.8 Å². The SMILES string of the molecule is COc1ccc([C@@H]2CC(c3ccccc3)=NN2C(=O)CN2C(=O)CNC2=O)cc1. The first-order chi connectivity index (χ1) is 14.1. The number of nitrogens with one attached hydrogen (secondary N) is 1. The summed E-state index contributed by atoms with van der Waals surface area (Å²) in [7, 11) is 1.59. The monoisotopic (exact) mass is 392 g/mol. The molecule has 2 aliphatic rings. The quantitative estimate of drug-likeness (QED) is 0.787. The summed E-state index contributed by atoms with van der Waals surface area (Å²) in [5.74, 6) is -0.119. The van der Waals surface area contributed by atoms with Crippen molar-refractivity contribution in [3.05, 3.63) is 65.7 Å². The van der Waals surface area contributed by atoms with Crippen LogP contribution in [0.2, 0.25) is 0 Å². The minimum Gasteiger partial charge on any atom is -0.497 e. The van der Waals surface area contributed by atoms with Crippen LogP contribution >= 0.6 is 0 Å². The van der Waals surface area contributed by atoms with Crippen LogP contribution in [0.1, 0.15) is 23.6 Å².